The van der Waals surface area contributed by atoms with Gasteiger partial charge in [-0.2, -0.15) is 0 Å². The molecule has 6 nitrogen and oxygen atoms in total. The van der Waals surface area contributed by atoms with E-state index in [4.69, 9.17) is 0 Å². The van der Waals surface area contributed by atoms with E-state index < -0.39 is 0 Å². The summed E-state index contributed by atoms with van der Waals surface area (Å²) in [5.74, 6) is 2.96. The molecule has 0 spiro atoms. The van der Waals surface area contributed by atoms with Crippen molar-refractivity contribution in [1.29, 1.82) is 0 Å². The zero-order valence-corrected chi connectivity index (χ0v) is 11.8. The van der Waals surface area contributed by atoms with Crippen LogP contribution in [0.4, 0.5) is 5.82 Å². The number of aromatic nitrogens is 5. The molecule has 0 amide bonds. The van der Waals surface area contributed by atoms with Crippen molar-refractivity contribution in [3.63, 3.8) is 0 Å². The van der Waals surface area contributed by atoms with E-state index in [1.54, 1.807) is 6.33 Å². The fourth-order valence-electron chi connectivity index (χ4n) is 2.89. The molecule has 0 fully saturated rings. The number of para-hydroxylation sites is 1. The van der Waals surface area contributed by atoms with Crippen LogP contribution in [-0.4, -0.2) is 30.8 Å². The van der Waals surface area contributed by atoms with Crippen LogP contribution in [0.5, 0.6) is 0 Å². The van der Waals surface area contributed by atoms with Gasteiger partial charge in [-0.15, -0.1) is 10.2 Å². The van der Waals surface area contributed by atoms with E-state index in [0.29, 0.717) is 6.04 Å². The molecular weight excluding hydrogens is 264 g/mol. The number of hydrogen-bond acceptors (Lipinski definition) is 5. The molecule has 1 aliphatic rings. The van der Waals surface area contributed by atoms with Crippen molar-refractivity contribution >= 4 is 16.7 Å². The highest BCUT2D eigenvalue weighted by Gasteiger charge is 2.22. The first-order valence-electron chi connectivity index (χ1n) is 7.16. The van der Waals surface area contributed by atoms with Crippen molar-refractivity contribution in [2.45, 2.75) is 32.4 Å². The largest absolute Gasteiger partial charge is 0.365 e. The molecule has 2 aromatic heterocycles. The zero-order valence-electron chi connectivity index (χ0n) is 11.8. The summed E-state index contributed by atoms with van der Waals surface area (Å²) in [4.78, 5) is 8.70. The van der Waals surface area contributed by atoms with E-state index in [0.717, 1.165) is 47.8 Å². The zero-order chi connectivity index (χ0) is 14.2. The Kier molecular flexibility index (Phi) is 2.80. The third-order valence-electron chi connectivity index (χ3n) is 4.02. The minimum atomic E-state index is 0.338. The summed E-state index contributed by atoms with van der Waals surface area (Å²) in [6.45, 7) is 2.88. The SMILES string of the molecule is Cc1nnc2n1CC(Nc1ncnc3ccccc13)CC2. The van der Waals surface area contributed by atoms with Crippen molar-refractivity contribution in [3.05, 3.63) is 42.2 Å². The highest BCUT2D eigenvalue weighted by molar-refractivity contribution is 5.88. The monoisotopic (exact) mass is 280 g/mol. The average molecular weight is 280 g/mol. The molecule has 3 aromatic rings. The lowest BCUT2D eigenvalue weighted by Crippen LogP contribution is -2.32. The smallest absolute Gasteiger partial charge is 0.137 e. The molecule has 1 aliphatic heterocycles. The summed E-state index contributed by atoms with van der Waals surface area (Å²) < 4.78 is 2.19. The van der Waals surface area contributed by atoms with Gasteiger partial charge in [0.15, 0.2) is 0 Å². The number of benzene rings is 1. The highest BCUT2D eigenvalue weighted by Crippen LogP contribution is 2.22. The summed E-state index contributed by atoms with van der Waals surface area (Å²) in [5.41, 5.74) is 0.965. The number of anilines is 1. The van der Waals surface area contributed by atoms with Crippen LogP contribution < -0.4 is 5.32 Å². The Balaban J connectivity index is 1.63. The van der Waals surface area contributed by atoms with Gasteiger partial charge in [0.1, 0.15) is 23.8 Å². The lowest BCUT2D eigenvalue weighted by molar-refractivity contribution is 0.469. The predicted molar refractivity (Wildman–Crippen MR) is 80.0 cm³/mol. The van der Waals surface area contributed by atoms with E-state index >= 15 is 0 Å². The Labute approximate surface area is 122 Å². The van der Waals surface area contributed by atoms with Gasteiger partial charge in [0.25, 0.3) is 0 Å². The van der Waals surface area contributed by atoms with Gasteiger partial charge in [0, 0.05) is 24.4 Å². The standard InChI is InChI=1S/C15H16N6/c1-10-19-20-14-7-6-11(8-21(10)14)18-15-12-4-2-3-5-13(12)16-9-17-15/h2-5,9,11H,6-8H2,1H3,(H,16,17,18). The minimum Gasteiger partial charge on any atom is -0.365 e. The summed E-state index contributed by atoms with van der Waals surface area (Å²) in [6.07, 6.45) is 3.60. The molecular formula is C15H16N6. The Hall–Kier alpha value is -2.50. The Morgan fingerprint density at radius 2 is 2.10 bits per heavy atom. The van der Waals surface area contributed by atoms with E-state index in [1.165, 1.54) is 0 Å². The maximum Gasteiger partial charge on any atom is 0.137 e. The van der Waals surface area contributed by atoms with Gasteiger partial charge in [-0.3, -0.25) is 0 Å². The average Bonchev–Trinajstić information content (AvgIpc) is 2.89. The first-order chi connectivity index (χ1) is 10.3. The first kappa shape index (κ1) is 12.3. The minimum absolute atomic E-state index is 0.338. The van der Waals surface area contributed by atoms with Crippen LogP contribution >= 0.6 is 0 Å². The topological polar surface area (TPSA) is 68.5 Å². The van der Waals surface area contributed by atoms with Crippen LogP contribution in [0, 0.1) is 6.92 Å². The number of hydrogen-bond donors (Lipinski definition) is 1. The van der Waals surface area contributed by atoms with Crippen LogP contribution in [0.15, 0.2) is 30.6 Å². The summed E-state index contributed by atoms with van der Waals surface area (Å²) >= 11 is 0. The van der Waals surface area contributed by atoms with Crippen LogP contribution in [0.3, 0.4) is 0 Å². The number of nitrogens with zero attached hydrogens (tertiary/aromatic N) is 5. The maximum absolute atomic E-state index is 4.40. The number of rotatable bonds is 2. The van der Waals surface area contributed by atoms with Crippen molar-refractivity contribution in [1.82, 2.24) is 24.7 Å². The van der Waals surface area contributed by atoms with Gasteiger partial charge >= 0.3 is 0 Å². The molecule has 0 aliphatic carbocycles. The molecule has 0 saturated carbocycles. The Bertz CT molecular complexity index is 788. The fraction of sp³-hybridized carbons (Fsp3) is 0.333. The van der Waals surface area contributed by atoms with E-state index in [-0.39, 0.29) is 0 Å². The molecule has 4 rings (SSSR count). The van der Waals surface area contributed by atoms with Crippen LogP contribution in [0.25, 0.3) is 10.9 Å². The molecule has 1 unspecified atom stereocenters. The Morgan fingerprint density at radius 3 is 3.05 bits per heavy atom. The molecule has 0 saturated heterocycles. The van der Waals surface area contributed by atoms with Crippen molar-refractivity contribution in [3.8, 4) is 0 Å². The summed E-state index contributed by atoms with van der Waals surface area (Å²) in [7, 11) is 0. The second kappa shape index (κ2) is 4.80. The number of aryl methyl sites for hydroxylation is 2. The van der Waals surface area contributed by atoms with Crippen molar-refractivity contribution in [2.75, 3.05) is 5.32 Å². The molecule has 106 valence electrons. The molecule has 0 radical (unpaired) electrons. The quantitative estimate of drug-likeness (QED) is 0.777. The van der Waals surface area contributed by atoms with Crippen LogP contribution in [0.2, 0.25) is 0 Å². The van der Waals surface area contributed by atoms with Gasteiger partial charge in [-0.25, -0.2) is 9.97 Å². The molecule has 1 atom stereocenters. The first-order valence-corrected chi connectivity index (χ1v) is 7.16. The predicted octanol–water partition coefficient (Wildman–Crippen LogP) is 1.96. The van der Waals surface area contributed by atoms with Gasteiger partial charge in [-0.1, -0.05) is 12.1 Å². The fourth-order valence-corrected chi connectivity index (χ4v) is 2.89. The van der Waals surface area contributed by atoms with Crippen molar-refractivity contribution in [2.24, 2.45) is 0 Å². The lowest BCUT2D eigenvalue weighted by atomic mass is 10.1. The van der Waals surface area contributed by atoms with Gasteiger partial charge in [0.05, 0.1) is 5.52 Å². The lowest BCUT2D eigenvalue weighted by Gasteiger charge is -2.25. The third kappa shape index (κ3) is 2.12. The molecule has 6 heteroatoms. The molecule has 0 bridgehead atoms. The highest BCUT2D eigenvalue weighted by atomic mass is 15.3. The second-order valence-electron chi connectivity index (χ2n) is 5.39. The van der Waals surface area contributed by atoms with Gasteiger partial charge in [0.2, 0.25) is 0 Å². The van der Waals surface area contributed by atoms with Gasteiger partial charge in [-0.05, 0) is 25.5 Å². The van der Waals surface area contributed by atoms with E-state index in [1.807, 2.05) is 25.1 Å². The van der Waals surface area contributed by atoms with Crippen LogP contribution in [-0.2, 0) is 13.0 Å². The number of nitrogens with one attached hydrogen (secondary N) is 1. The maximum atomic E-state index is 4.40. The third-order valence-corrected chi connectivity index (χ3v) is 4.02. The second-order valence-corrected chi connectivity index (χ2v) is 5.39. The summed E-state index contributed by atoms with van der Waals surface area (Å²) in [6, 6.07) is 8.40. The molecule has 1 aromatic carbocycles. The van der Waals surface area contributed by atoms with E-state index in [2.05, 4.69) is 36.1 Å². The van der Waals surface area contributed by atoms with Gasteiger partial charge < -0.3 is 9.88 Å². The van der Waals surface area contributed by atoms with Crippen molar-refractivity contribution < 1.29 is 0 Å². The van der Waals surface area contributed by atoms with E-state index in [9.17, 15) is 0 Å². The Morgan fingerprint density at radius 1 is 1.19 bits per heavy atom. The molecule has 3 heterocycles. The summed E-state index contributed by atoms with van der Waals surface area (Å²) in [5, 5.41) is 13.0. The normalized spacial score (nSPS) is 17.7. The molecule has 1 N–H and O–H groups in total. The molecule has 21 heavy (non-hydrogen) atoms. The van der Waals surface area contributed by atoms with Crippen LogP contribution in [0.1, 0.15) is 18.1 Å². The number of fused-ring (bicyclic) bond motifs is 2.